The Morgan fingerprint density at radius 1 is 1.18 bits per heavy atom. The number of aryl methyl sites for hydroxylation is 3. The fourth-order valence-electron chi connectivity index (χ4n) is 2.27. The molecule has 22 heavy (non-hydrogen) atoms. The van der Waals surface area contributed by atoms with Crippen molar-refractivity contribution < 1.29 is 9.59 Å². The van der Waals surface area contributed by atoms with Gasteiger partial charge in [-0.3, -0.25) is 9.59 Å². The molecule has 0 aliphatic carbocycles. The lowest BCUT2D eigenvalue weighted by molar-refractivity contribution is -0.119. The summed E-state index contributed by atoms with van der Waals surface area (Å²) in [6, 6.07) is 4.15. The molecule has 0 aromatic heterocycles. The maximum Gasteiger partial charge on any atom is 0.237 e. The van der Waals surface area contributed by atoms with Gasteiger partial charge in [0.05, 0.1) is 5.25 Å². The van der Waals surface area contributed by atoms with Crippen molar-refractivity contribution in [1.29, 1.82) is 0 Å². The molecule has 2 N–H and O–H groups in total. The first-order valence-electron chi connectivity index (χ1n) is 7.56. The standard InChI is InChI=1S/C17H26N2O2S/c1-11-9-12(2)16(13(3)10-11)19-17(21)14(4)22-8-6-7-18-15(5)20/h9-10,14H,6-8H2,1-5H3,(H,18,20)(H,19,21)/t14-/m1/s1. The highest BCUT2D eigenvalue weighted by atomic mass is 32.2. The number of rotatable bonds is 7. The van der Waals surface area contributed by atoms with Crippen LogP contribution in [0.4, 0.5) is 5.69 Å². The topological polar surface area (TPSA) is 58.2 Å². The van der Waals surface area contributed by atoms with E-state index in [2.05, 4.69) is 29.7 Å². The first-order valence-corrected chi connectivity index (χ1v) is 8.61. The summed E-state index contributed by atoms with van der Waals surface area (Å²) in [7, 11) is 0. The molecule has 1 aromatic rings. The molecule has 0 unspecified atom stereocenters. The second-order valence-corrected chi connectivity index (χ2v) is 7.06. The van der Waals surface area contributed by atoms with Crippen LogP contribution in [0.1, 0.15) is 37.0 Å². The van der Waals surface area contributed by atoms with Crippen molar-refractivity contribution in [2.24, 2.45) is 0 Å². The Balaban J connectivity index is 2.46. The molecule has 5 heteroatoms. The summed E-state index contributed by atoms with van der Waals surface area (Å²) in [5.74, 6) is 0.862. The van der Waals surface area contributed by atoms with Crippen LogP contribution in [0.25, 0.3) is 0 Å². The van der Waals surface area contributed by atoms with Gasteiger partial charge in [0.15, 0.2) is 0 Å². The number of hydrogen-bond acceptors (Lipinski definition) is 3. The molecule has 0 bridgehead atoms. The van der Waals surface area contributed by atoms with Gasteiger partial charge < -0.3 is 10.6 Å². The van der Waals surface area contributed by atoms with Crippen molar-refractivity contribution in [3.05, 3.63) is 28.8 Å². The summed E-state index contributed by atoms with van der Waals surface area (Å²) in [6.07, 6.45) is 0.866. The average Bonchev–Trinajstić information content (AvgIpc) is 2.41. The van der Waals surface area contributed by atoms with Gasteiger partial charge in [-0.2, -0.15) is 0 Å². The van der Waals surface area contributed by atoms with Crippen molar-refractivity contribution in [3.63, 3.8) is 0 Å². The van der Waals surface area contributed by atoms with Gasteiger partial charge in [-0.05, 0) is 51.0 Å². The zero-order chi connectivity index (χ0) is 16.7. The average molecular weight is 322 g/mol. The van der Waals surface area contributed by atoms with Crippen molar-refractivity contribution in [2.75, 3.05) is 17.6 Å². The highest BCUT2D eigenvalue weighted by Crippen LogP contribution is 2.23. The van der Waals surface area contributed by atoms with E-state index in [0.717, 1.165) is 29.0 Å². The summed E-state index contributed by atoms with van der Waals surface area (Å²) in [5, 5.41) is 5.68. The molecule has 0 heterocycles. The lowest BCUT2D eigenvalue weighted by atomic mass is 10.1. The summed E-state index contributed by atoms with van der Waals surface area (Å²) in [6.45, 7) is 10.2. The highest BCUT2D eigenvalue weighted by molar-refractivity contribution is 8.00. The zero-order valence-corrected chi connectivity index (χ0v) is 14.9. The zero-order valence-electron chi connectivity index (χ0n) is 14.1. The Kier molecular flexibility index (Phi) is 7.45. The molecule has 0 saturated carbocycles. The number of carbonyl (C=O) groups excluding carboxylic acids is 2. The largest absolute Gasteiger partial charge is 0.356 e. The van der Waals surface area contributed by atoms with E-state index in [1.165, 1.54) is 12.5 Å². The minimum Gasteiger partial charge on any atom is -0.356 e. The van der Waals surface area contributed by atoms with Crippen LogP contribution in [0.2, 0.25) is 0 Å². The molecule has 0 aliphatic rings. The maximum atomic E-state index is 12.3. The van der Waals surface area contributed by atoms with Crippen molar-refractivity contribution in [1.82, 2.24) is 5.32 Å². The van der Waals surface area contributed by atoms with E-state index in [0.29, 0.717) is 6.54 Å². The van der Waals surface area contributed by atoms with Crippen LogP contribution in [0, 0.1) is 20.8 Å². The van der Waals surface area contributed by atoms with Crippen LogP contribution in [0.15, 0.2) is 12.1 Å². The fourth-order valence-corrected chi connectivity index (χ4v) is 3.15. The molecule has 4 nitrogen and oxygen atoms in total. The number of benzene rings is 1. The normalized spacial score (nSPS) is 11.9. The Morgan fingerprint density at radius 3 is 2.32 bits per heavy atom. The summed E-state index contributed by atoms with van der Waals surface area (Å²) in [5.41, 5.74) is 4.30. The van der Waals surface area contributed by atoms with E-state index in [1.807, 2.05) is 20.8 Å². The van der Waals surface area contributed by atoms with Crippen molar-refractivity contribution in [2.45, 2.75) is 46.3 Å². The third kappa shape index (κ3) is 6.10. The fraction of sp³-hybridized carbons (Fsp3) is 0.529. The number of amides is 2. The van der Waals surface area contributed by atoms with Crippen LogP contribution in [-0.4, -0.2) is 29.4 Å². The number of thioether (sulfide) groups is 1. The van der Waals surface area contributed by atoms with E-state index >= 15 is 0 Å². The molecule has 0 saturated heterocycles. The van der Waals surface area contributed by atoms with Gasteiger partial charge in [0.1, 0.15) is 0 Å². The predicted molar refractivity (Wildman–Crippen MR) is 94.5 cm³/mol. The monoisotopic (exact) mass is 322 g/mol. The van der Waals surface area contributed by atoms with Crippen LogP contribution in [-0.2, 0) is 9.59 Å². The summed E-state index contributed by atoms with van der Waals surface area (Å²) >= 11 is 1.61. The lowest BCUT2D eigenvalue weighted by Gasteiger charge is -2.16. The quantitative estimate of drug-likeness (QED) is 0.758. The third-order valence-corrected chi connectivity index (χ3v) is 4.60. The molecule has 122 valence electrons. The smallest absolute Gasteiger partial charge is 0.237 e. The second-order valence-electron chi connectivity index (χ2n) is 5.61. The van der Waals surface area contributed by atoms with E-state index in [1.54, 1.807) is 11.8 Å². The molecule has 1 aromatic carbocycles. The lowest BCUT2D eigenvalue weighted by Crippen LogP contribution is -2.25. The molecule has 0 radical (unpaired) electrons. The van der Waals surface area contributed by atoms with Gasteiger partial charge in [0.2, 0.25) is 11.8 Å². The van der Waals surface area contributed by atoms with Crippen LogP contribution in [0.3, 0.4) is 0 Å². The predicted octanol–water partition coefficient (Wildman–Crippen LogP) is 3.20. The summed E-state index contributed by atoms with van der Waals surface area (Å²) in [4.78, 5) is 23.0. The molecule has 1 atom stereocenters. The second kappa shape index (κ2) is 8.83. The molecule has 0 spiro atoms. The van der Waals surface area contributed by atoms with Gasteiger partial charge >= 0.3 is 0 Å². The van der Waals surface area contributed by atoms with Crippen LogP contribution in [0.5, 0.6) is 0 Å². The maximum absolute atomic E-state index is 12.3. The first-order chi connectivity index (χ1) is 10.3. The van der Waals surface area contributed by atoms with Crippen molar-refractivity contribution in [3.8, 4) is 0 Å². The Hall–Kier alpha value is -1.49. The first kappa shape index (κ1) is 18.6. The van der Waals surface area contributed by atoms with Gasteiger partial charge in [-0.1, -0.05) is 17.7 Å². The number of nitrogens with one attached hydrogen (secondary N) is 2. The molecule has 0 aliphatic heterocycles. The van der Waals surface area contributed by atoms with Crippen LogP contribution < -0.4 is 10.6 Å². The minimum absolute atomic E-state index is 0.0129. The van der Waals surface area contributed by atoms with Gasteiger partial charge in [0, 0.05) is 19.2 Å². The Morgan fingerprint density at radius 2 is 1.77 bits per heavy atom. The SMILES string of the molecule is CC(=O)NCCCS[C@H](C)C(=O)Nc1c(C)cc(C)cc1C. The van der Waals surface area contributed by atoms with E-state index in [9.17, 15) is 9.59 Å². The molecule has 0 fully saturated rings. The van der Waals surface area contributed by atoms with E-state index < -0.39 is 0 Å². The van der Waals surface area contributed by atoms with Gasteiger partial charge in [-0.15, -0.1) is 11.8 Å². The molecule has 2 amide bonds. The van der Waals surface area contributed by atoms with E-state index in [4.69, 9.17) is 0 Å². The minimum atomic E-state index is -0.113. The van der Waals surface area contributed by atoms with Gasteiger partial charge in [0.25, 0.3) is 0 Å². The van der Waals surface area contributed by atoms with Crippen molar-refractivity contribution >= 4 is 29.3 Å². The number of hydrogen-bond donors (Lipinski definition) is 2. The Bertz CT molecular complexity index is 520. The number of anilines is 1. The number of carbonyl (C=O) groups is 2. The van der Waals surface area contributed by atoms with Gasteiger partial charge in [-0.25, -0.2) is 0 Å². The highest BCUT2D eigenvalue weighted by Gasteiger charge is 2.15. The van der Waals surface area contributed by atoms with Crippen LogP contribution >= 0.6 is 11.8 Å². The van der Waals surface area contributed by atoms with E-state index in [-0.39, 0.29) is 17.1 Å². The Labute approximate surface area is 137 Å². The molecular formula is C17H26N2O2S. The molecular weight excluding hydrogens is 296 g/mol. The third-order valence-electron chi connectivity index (χ3n) is 3.36. The summed E-state index contributed by atoms with van der Waals surface area (Å²) < 4.78 is 0. The molecule has 1 rings (SSSR count).